The Hall–Kier alpha value is -1.70. The van der Waals surface area contributed by atoms with Gasteiger partial charge in [0.05, 0.1) is 0 Å². The molecular weight excluding hydrogens is 188 g/mol. The average molecular weight is 190 g/mol. The van der Waals surface area contributed by atoms with Crippen LogP contribution in [0.3, 0.4) is 0 Å². The van der Waals surface area contributed by atoms with Crippen LogP contribution in [0.2, 0.25) is 0 Å². The highest BCUT2D eigenvalue weighted by molar-refractivity contribution is 7.77. The van der Waals surface area contributed by atoms with Crippen molar-refractivity contribution in [1.82, 2.24) is 10.6 Å². The first kappa shape index (κ1) is 8.40. The smallest absolute Gasteiger partial charge is 0.273 e. The first-order valence-electron chi connectivity index (χ1n) is 2.65. The maximum absolute atomic E-state index is 10.6. The van der Waals surface area contributed by atoms with Gasteiger partial charge in [0.1, 0.15) is 0 Å². The molecule has 0 atom stereocenters. The molecule has 0 radical (unpaired) electrons. The Morgan fingerprint density at radius 3 is 1.67 bits per heavy atom. The lowest BCUT2D eigenvalue weighted by Gasteiger charge is -2.09. The van der Waals surface area contributed by atoms with Gasteiger partial charge in [-0.05, 0) is 0 Å². The molecule has 1 heterocycles. The van der Waals surface area contributed by atoms with Gasteiger partial charge in [-0.15, -0.1) is 0 Å². The second-order valence-electron chi connectivity index (χ2n) is 1.80. The fraction of sp³-hybridized carbons (Fsp3) is 0. The maximum atomic E-state index is 10.6. The van der Waals surface area contributed by atoms with Gasteiger partial charge in [0.25, 0.3) is 11.8 Å². The van der Waals surface area contributed by atoms with E-state index in [1.165, 1.54) is 0 Å². The monoisotopic (exact) mass is 190 g/mol. The number of hydrogen-bond donors (Lipinski definition) is 2. The lowest BCUT2D eigenvalue weighted by atomic mass is 10.3. The predicted molar refractivity (Wildman–Crippen MR) is 35.6 cm³/mol. The third-order valence-electron chi connectivity index (χ3n) is 1.03. The van der Waals surface area contributed by atoms with E-state index in [4.69, 9.17) is 0 Å². The summed E-state index contributed by atoms with van der Waals surface area (Å²) in [6.07, 6.45) is 0. The van der Waals surface area contributed by atoms with Crippen LogP contribution < -0.4 is 10.6 Å². The van der Waals surface area contributed by atoms with Crippen LogP contribution in [0.4, 0.5) is 4.79 Å². The SMILES string of the molecule is O=C1NC(=O)C(=S(=O)=O)C(=O)N1. The molecule has 8 heteroatoms. The Bertz CT molecular complexity index is 375. The molecule has 4 amide bonds. The molecule has 1 aliphatic rings. The highest BCUT2D eigenvalue weighted by Gasteiger charge is 2.30. The van der Waals surface area contributed by atoms with Gasteiger partial charge in [-0.3, -0.25) is 20.2 Å². The van der Waals surface area contributed by atoms with Gasteiger partial charge in [0, 0.05) is 0 Å². The fourth-order valence-electron chi connectivity index (χ4n) is 0.605. The second-order valence-corrected chi connectivity index (χ2v) is 2.68. The van der Waals surface area contributed by atoms with Crippen LogP contribution in [0.1, 0.15) is 0 Å². The van der Waals surface area contributed by atoms with E-state index >= 15 is 0 Å². The molecule has 1 fully saturated rings. The molecule has 0 spiro atoms. The van der Waals surface area contributed by atoms with Crippen molar-refractivity contribution in [2.45, 2.75) is 0 Å². The Morgan fingerprint density at radius 1 is 0.917 bits per heavy atom. The lowest BCUT2D eigenvalue weighted by molar-refractivity contribution is -0.118. The third kappa shape index (κ3) is 1.32. The van der Waals surface area contributed by atoms with Gasteiger partial charge in [-0.1, -0.05) is 0 Å². The molecule has 1 aliphatic heterocycles. The minimum Gasteiger partial charge on any atom is -0.273 e. The molecule has 0 aromatic rings. The number of amides is 4. The summed E-state index contributed by atoms with van der Waals surface area (Å²) in [6, 6.07) is -1.03. The van der Waals surface area contributed by atoms with E-state index in [9.17, 15) is 22.8 Å². The van der Waals surface area contributed by atoms with Crippen LogP contribution in [-0.2, 0) is 19.9 Å². The highest BCUT2D eigenvalue weighted by Crippen LogP contribution is 1.84. The first-order valence-corrected chi connectivity index (χ1v) is 3.72. The van der Waals surface area contributed by atoms with Crippen LogP contribution in [-0.4, -0.2) is 31.1 Å². The zero-order valence-electron chi connectivity index (χ0n) is 5.45. The maximum Gasteiger partial charge on any atom is 0.328 e. The van der Waals surface area contributed by atoms with Crippen LogP contribution in [0.25, 0.3) is 0 Å². The molecule has 12 heavy (non-hydrogen) atoms. The molecule has 1 rings (SSSR count). The summed E-state index contributed by atoms with van der Waals surface area (Å²) in [6.45, 7) is 0. The van der Waals surface area contributed by atoms with Crippen molar-refractivity contribution >= 4 is 33.0 Å². The molecule has 0 aromatic heterocycles. The Morgan fingerprint density at radius 2 is 1.33 bits per heavy atom. The normalized spacial score (nSPS) is 17.0. The van der Waals surface area contributed by atoms with Gasteiger partial charge in [0.15, 0.2) is 0 Å². The third-order valence-corrected chi connectivity index (χ3v) is 1.74. The fourth-order valence-corrected chi connectivity index (χ4v) is 1.01. The molecule has 7 nitrogen and oxygen atoms in total. The number of carbonyl (C=O) groups is 3. The van der Waals surface area contributed by atoms with Gasteiger partial charge >= 0.3 is 6.03 Å². The first-order chi connectivity index (χ1) is 5.52. The predicted octanol–water partition coefficient (Wildman–Crippen LogP) is -2.60. The van der Waals surface area contributed by atoms with Crippen molar-refractivity contribution in [3.63, 3.8) is 0 Å². The van der Waals surface area contributed by atoms with E-state index in [2.05, 4.69) is 0 Å². The van der Waals surface area contributed by atoms with Crippen LogP contribution >= 0.6 is 0 Å². The quantitative estimate of drug-likeness (QED) is 0.407. The molecule has 1 saturated heterocycles. The molecule has 0 unspecified atom stereocenters. The van der Waals surface area contributed by atoms with Crippen molar-refractivity contribution < 1.29 is 22.8 Å². The summed E-state index contributed by atoms with van der Waals surface area (Å²) in [5.74, 6) is -2.42. The zero-order chi connectivity index (χ0) is 9.30. The minimum atomic E-state index is -2.94. The van der Waals surface area contributed by atoms with Crippen molar-refractivity contribution in [2.75, 3.05) is 0 Å². The number of barbiturate groups is 1. The largest absolute Gasteiger partial charge is 0.328 e. The zero-order valence-corrected chi connectivity index (χ0v) is 6.27. The van der Waals surface area contributed by atoms with Gasteiger partial charge in [-0.2, -0.15) is 8.42 Å². The van der Waals surface area contributed by atoms with Gasteiger partial charge in [-0.25, -0.2) is 4.79 Å². The molecular formula is C4H2N2O5S. The summed E-state index contributed by atoms with van der Waals surface area (Å²) < 4.78 is 20.4. The van der Waals surface area contributed by atoms with Gasteiger partial charge < -0.3 is 0 Å². The van der Waals surface area contributed by atoms with Crippen molar-refractivity contribution in [2.24, 2.45) is 0 Å². The summed E-state index contributed by atoms with van der Waals surface area (Å²) in [5, 5.41) is 3.20. The highest BCUT2D eigenvalue weighted by atomic mass is 32.2. The molecule has 0 aromatic carbocycles. The standard InChI is InChI=1S/C4H2N2O5S/c7-2-1(12(10)11)3(8)6-4(9)5-2/h(H2,5,6,7,8,9). The number of carbonyl (C=O) groups excluding carboxylic acids is 3. The molecule has 0 aliphatic carbocycles. The topological polar surface area (TPSA) is 109 Å². The van der Waals surface area contributed by atoms with E-state index in [-0.39, 0.29) is 0 Å². The van der Waals surface area contributed by atoms with Crippen molar-refractivity contribution in [3.8, 4) is 0 Å². The molecule has 0 saturated carbocycles. The number of nitrogens with one attached hydrogen (secondary N) is 2. The Kier molecular flexibility index (Phi) is 1.92. The van der Waals surface area contributed by atoms with Crippen molar-refractivity contribution in [1.29, 1.82) is 0 Å². The van der Waals surface area contributed by atoms with E-state index in [1.54, 1.807) is 10.6 Å². The summed E-state index contributed by atoms with van der Waals surface area (Å²) in [7, 11) is -2.94. The van der Waals surface area contributed by atoms with Gasteiger partial charge in [0.2, 0.25) is 15.2 Å². The Labute approximate surface area is 67.3 Å². The van der Waals surface area contributed by atoms with E-state index in [0.29, 0.717) is 0 Å². The summed E-state index contributed by atoms with van der Waals surface area (Å²) in [5.41, 5.74) is 0. The minimum absolute atomic E-state index is 0.991. The van der Waals surface area contributed by atoms with E-state index in [1.807, 2.05) is 0 Å². The number of urea groups is 1. The van der Waals surface area contributed by atoms with E-state index in [0.717, 1.165) is 0 Å². The number of imide groups is 2. The summed E-state index contributed by atoms with van der Waals surface area (Å²) >= 11 is 0. The summed E-state index contributed by atoms with van der Waals surface area (Å²) in [4.78, 5) is 30.7. The average Bonchev–Trinajstić information content (AvgIpc) is 1.82. The van der Waals surface area contributed by atoms with Crippen LogP contribution in [0.15, 0.2) is 0 Å². The van der Waals surface area contributed by atoms with Crippen LogP contribution in [0, 0.1) is 0 Å². The van der Waals surface area contributed by atoms with Crippen LogP contribution in [0.5, 0.6) is 0 Å². The number of rotatable bonds is 0. The van der Waals surface area contributed by atoms with E-state index < -0.39 is 33.0 Å². The molecule has 2 N–H and O–H groups in total. The number of hydrogen-bond acceptors (Lipinski definition) is 5. The van der Waals surface area contributed by atoms with Crippen molar-refractivity contribution in [3.05, 3.63) is 0 Å². The molecule has 0 bridgehead atoms. The second kappa shape index (κ2) is 2.74. The molecule has 64 valence electrons. The lowest BCUT2D eigenvalue weighted by Crippen LogP contribution is -2.56. The Balaban J connectivity index is 3.23.